The van der Waals surface area contributed by atoms with Gasteiger partial charge in [-0.1, -0.05) is 29.3 Å². The summed E-state index contributed by atoms with van der Waals surface area (Å²) in [6.45, 7) is 0.602. The Bertz CT molecular complexity index is 823. The number of oxazole rings is 1. The number of fused-ring (bicyclic) bond motifs is 1. The maximum absolute atomic E-state index is 11.1. The zero-order chi connectivity index (χ0) is 14.1. The predicted molar refractivity (Wildman–Crippen MR) is 80.6 cm³/mol. The van der Waals surface area contributed by atoms with Gasteiger partial charge in [0.2, 0.25) is 0 Å². The van der Waals surface area contributed by atoms with Gasteiger partial charge in [0.05, 0.1) is 15.6 Å². The molecule has 1 heterocycles. The molecule has 2 N–H and O–H groups in total. The van der Waals surface area contributed by atoms with Crippen LogP contribution in [0, 0.1) is 0 Å². The van der Waals surface area contributed by atoms with Gasteiger partial charge in [-0.25, -0.2) is 4.79 Å². The Morgan fingerprint density at radius 1 is 1.10 bits per heavy atom. The van der Waals surface area contributed by atoms with Crippen molar-refractivity contribution in [2.24, 2.45) is 0 Å². The zero-order valence-corrected chi connectivity index (χ0v) is 11.8. The van der Waals surface area contributed by atoms with Crippen molar-refractivity contribution in [3.63, 3.8) is 0 Å². The monoisotopic (exact) mass is 308 g/mol. The van der Waals surface area contributed by atoms with Crippen molar-refractivity contribution in [2.45, 2.75) is 6.54 Å². The highest BCUT2D eigenvalue weighted by Gasteiger charge is 2.03. The summed E-state index contributed by atoms with van der Waals surface area (Å²) < 4.78 is 4.94. The summed E-state index contributed by atoms with van der Waals surface area (Å²) in [7, 11) is 0. The lowest BCUT2D eigenvalue weighted by molar-refractivity contribution is 0.555. The van der Waals surface area contributed by atoms with E-state index in [1.54, 1.807) is 12.1 Å². The summed E-state index contributed by atoms with van der Waals surface area (Å²) in [5.41, 5.74) is 3.09. The number of halogens is 2. The van der Waals surface area contributed by atoms with Gasteiger partial charge in [0.1, 0.15) is 0 Å². The Hall–Kier alpha value is -1.91. The molecule has 0 saturated heterocycles. The van der Waals surface area contributed by atoms with Crippen molar-refractivity contribution >= 4 is 40.0 Å². The molecule has 1 aromatic heterocycles. The molecular weight excluding hydrogens is 299 g/mol. The first-order valence-corrected chi connectivity index (χ1v) is 6.68. The molecular formula is C14H10Cl2N2O2. The molecule has 0 saturated carbocycles. The summed E-state index contributed by atoms with van der Waals surface area (Å²) in [6.07, 6.45) is 0. The molecule has 0 atom stereocenters. The van der Waals surface area contributed by atoms with Crippen LogP contribution in [0.15, 0.2) is 45.6 Å². The van der Waals surface area contributed by atoms with E-state index in [-0.39, 0.29) is 0 Å². The van der Waals surface area contributed by atoms with E-state index in [0.717, 1.165) is 11.3 Å². The van der Waals surface area contributed by atoms with E-state index in [2.05, 4.69) is 10.3 Å². The van der Waals surface area contributed by atoms with Crippen LogP contribution in [0.3, 0.4) is 0 Å². The molecule has 3 rings (SSSR count). The fraction of sp³-hybridized carbons (Fsp3) is 0.0714. The van der Waals surface area contributed by atoms with E-state index in [9.17, 15) is 4.79 Å². The van der Waals surface area contributed by atoms with Crippen LogP contribution >= 0.6 is 23.2 Å². The largest absolute Gasteiger partial charge is 0.417 e. The Balaban J connectivity index is 1.78. The maximum Gasteiger partial charge on any atom is 0.417 e. The molecule has 0 unspecified atom stereocenters. The first-order valence-electron chi connectivity index (χ1n) is 5.92. The SMILES string of the molecule is O=c1[nH]c2cc(NCc3ccc(Cl)c(Cl)c3)ccc2o1. The highest BCUT2D eigenvalue weighted by atomic mass is 35.5. The van der Waals surface area contributed by atoms with Crippen molar-refractivity contribution in [1.29, 1.82) is 0 Å². The average molecular weight is 309 g/mol. The lowest BCUT2D eigenvalue weighted by Crippen LogP contribution is -1.99. The Morgan fingerprint density at radius 3 is 2.75 bits per heavy atom. The summed E-state index contributed by atoms with van der Waals surface area (Å²) >= 11 is 11.8. The molecule has 0 radical (unpaired) electrons. The lowest BCUT2D eigenvalue weighted by atomic mass is 10.2. The third-order valence-corrected chi connectivity index (χ3v) is 3.64. The highest BCUT2D eigenvalue weighted by Crippen LogP contribution is 2.23. The Labute approximate surface area is 124 Å². The van der Waals surface area contributed by atoms with Gasteiger partial charge in [-0.3, -0.25) is 4.98 Å². The topological polar surface area (TPSA) is 58.0 Å². The number of aromatic nitrogens is 1. The zero-order valence-electron chi connectivity index (χ0n) is 10.2. The predicted octanol–water partition coefficient (Wildman–Crippen LogP) is 4.04. The number of nitrogens with one attached hydrogen (secondary N) is 2. The van der Waals surface area contributed by atoms with Crippen LogP contribution in [0.2, 0.25) is 10.0 Å². The normalized spacial score (nSPS) is 10.9. The van der Waals surface area contributed by atoms with Crippen molar-refractivity contribution in [2.75, 3.05) is 5.32 Å². The lowest BCUT2D eigenvalue weighted by Gasteiger charge is -2.07. The molecule has 0 aliphatic rings. The molecule has 0 aliphatic heterocycles. The van der Waals surface area contributed by atoms with Crippen LogP contribution in [-0.2, 0) is 6.54 Å². The number of hydrogen-bond acceptors (Lipinski definition) is 3. The molecule has 0 bridgehead atoms. The van der Waals surface area contributed by atoms with Crippen LogP contribution in [-0.4, -0.2) is 4.98 Å². The minimum Gasteiger partial charge on any atom is -0.408 e. The second kappa shape index (κ2) is 5.23. The summed E-state index contributed by atoms with van der Waals surface area (Å²) in [5, 5.41) is 4.31. The van der Waals surface area contributed by atoms with Crippen molar-refractivity contribution in [3.05, 3.63) is 62.6 Å². The van der Waals surface area contributed by atoms with Crippen LogP contribution in [0.1, 0.15) is 5.56 Å². The summed E-state index contributed by atoms with van der Waals surface area (Å²) in [5.74, 6) is -0.457. The van der Waals surface area contributed by atoms with Crippen LogP contribution in [0.25, 0.3) is 11.1 Å². The third-order valence-electron chi connectivity index (χ3n) is 2.90. The van der Waals surface area contributed by atoms with Crippen LogP contribution in [0.5, 0.6) is 0 Å². The summed E-state index contributed by atoms with van der Waals surface area (Å²) in [4.78, 5) is 13.7. The number of rotatable bonds is 3. The fourth-order valence-corrected chi connectivity index (χ4v) is 2.24. The fourth-order valence-electron chi connectivity index (χ4n) is 1.92. The first-order chi connectivity index (χ1) is 9.61. The van der Waals surface area contributed by atoms with Crippen LogP contribution < -0.4 is 11.1 Å². The van der Waals surface area contributed by atoms with Gasteiger partial charge in [-0.2, -0.15) is 0 Å². The van der Waals surface area contributed by atoms with E-state index >= 15 is 0 Å². The third kappa shape index (κ3) is 2.66. The molecule has 2 aromatic carbocycles. The second-order valence-corrected chi connectivity index (χ2v) is 5.14. The summed E-state index contributed by atoms with van der Waals surface area (Å²) in [6, 6.07) is 10.9. The van der Waals surface area contributed by atoms with Gasteiger partial charge in [0, 0.05) is 12.2 Å². The average Bonchev–Trinajstić information content (AvgIpc) is 2.79. The van der Waals surface area contributed by atoms with Crippen molar-refractivity contribution in [3.8, 4) is 0 Å². The number of hydrogen-bond donors (Lipinski definition) is 2. The van der Waals surface area contributed by atoms with Gasteiger partial charge in [-0.05, 0) is 35.9 Å². The highest BCUT2D eigenvalue weighted by molar-refractivity contribution is 6.42. The quantitative estimate of drug-likeness (QED) is 0.767. The Kier molecular flexibility index (Phi) is 3.42. The Morgan fingerprint density at radius 2 is 1.95 bits per heavy atom. The molecule has 4 nitrogen and oxygen atoms in total. The second-order valence-electron chi connectivity index (χ2n) is 4.33. The molecule has 0 fully saturated rings. The molecule has 102 valence electrons. The molecule has 20 heavy (non-hydrogen) atoms. The number of aromatic amines is 1. The smallest absolute Gasteiger partial charge is 0.408 e. The van der Waals surface area contributed by atoms with Gasteiger partial charge in [-0.15, -0.1) is 0 Å². The van der Waals surface area contributed by atoms with Gasteiger partial charge in [0.15, 0.2) is 5.58 Å². The molecule has 0 amide bonds. The van der Waals surface area contributed by atoms with Crippen molar-refractivity contribution < 1.29 is 4.42 Å². The molecule has 0 spiro atoms. The number of benzene rings is 2. The molecule has 0 aliphatic carbocycles. The standard InChI is InChI=1S/C14H10Cl2N2O2/c15-10-3-1-8(5-11(10)16)7-17-9-2-4-13-12(6-9)18-14(19)20-13/h1-6,17H,7H2,(H,18,19). The minimum atomic E-state index is -0.457. The molecule has 6 heteroatoms. The van der Waals surface area contributed by atoms with Gasteiger partial charge >= 0.3 is 5.76 Å². The van der Waals surface area contributed by atoms with E-state index in [0.29, 0.717) is 27.7 Å². The molecule has 3 aromatic rings. The van der Waals surface area contributed by atoms with Crippen LogP contribution in [0.4, 0.5) is 5.69 Å². The number of H-pyrrole nitrogens is 1. The van der Waals surface area contributed by atoms with Gasteiger partial charge < -0.3 is 9.73 Å². The maximum atomic E-state index is 11.1. The van der Waals surface area contributed by atoms with E-state index in [1.165, 1.54) is 0 Å². The van der Waals surface area contributed by atoms with E-state index < -0.39 is 5.76 Å². The first kappa shape index (κ1) is 13.1. The van der Waals surface area contributed by atoms with Gasteiger partial charge in [0.25, 0.3) is 0 Å². The van der Waals surface area contributed by atoms with E-state index in [1.807, 2.05) is 24.3 Å². The van der Waals surface area contributed by atoms with Crippen molar-refractivity contribution in [1.82, 2.24) is 4.98 Å². The minimum absolute atomic E-state index is 0.457. The number of anilines is 1. The van der Waals surface area contributed by atoms with E-state index in [4.69, 9.17) is 27.6 Å².